The highest BCUT2D eigenvalue weighted by atomic mass is 16.4. The van der Waals surface area contributed by atoms with E-state index in [0.29, 0.717) is 30.6 Å². The number of ketones is 1. The van der Waals surface area contributed by atoms with Crippen LogP contribution < -0.4 is 0 Å². The maximum atomic E-state index is 12.7. The van der Waals surface area contributed by atoms with Gasteiger partial charge in [-0.2, -0.15) is 0 Å². The number of carbonyl (C=O) groups excluding carboxylic acids is 1. The van der Waals surface area contributed by atoms with E-state index in [0.717, 1.165) is 24.8 Å². The van der Waals surface area contributed by atoms with Gasteiger partial charge in [0.2, 0.25) is 0 Å². The lowest BCUT2D eigenvalue weighted by atomic mass is 9.62. The zero-order valence-corrected chi connectivity index (χ0v) is 14.6. The van der Waals surface area contributed by atoms with Crippen LogP contribution in [0.2, 0.25) is 0 Å². The Morgan fingerprint density at radius 2 is 2.16 bits per heavy atom. The summed E-state index contributed by atoms with van der Waals surface area (Å²) in [6.07, 6.45) is 6.53. The summed E-state index contributed by atoms with van der Waals surface area (Å²) in [6.45, 7) is 1.80. The average Bonchev–Trinajstić information content (AvgIpc) is 3.15. The molecule has 5 atom stereocenters. The molecule has 1 aromatic heterocycles. The predicted molar refractivity (Wildman–Crippen MR) is 90.9 cm³/mol. The van der Waals surface area contributed by atoms with Crippen LogP contribution in [-0.2, 0) is 0 Å². The number of carbonyl (C=O) groups is 1. The van der Waals surface area contributed by atoms with Crippen molar-refractivity contribution in [1.82, 2.24) is 0 Å². The van der Waals surface area contributed by atoms with Crippen LogP contribution >= 0.6 is 0 Å². The third-order valence-electron chi connectivity index (χ3n) is 6.97. The van der Waals surface area contributed by atoms with Gasteiger partial charge in [0.1, 0.15) is 11.9 Å². The maximum Gasteiger partial charge on any atom is 0.166 e. The Morgan fingerprint density at radius 1 is 1.36 bits per heavy atom. The average molecular weight is 346 g/mol. The van der Waals surface area contributed by atoms with Gasteiger partial charge in [0.25, 0.3) is 0 Å². The van der Waals surface area contributed by atoms with Crippen molar-refractivity contribution in [2.75, 3.05) is 6.61 Å². The number of furan rings is 1. The lowest BCUT2D eigenvalue weighted by Gasteiger charge is -2.42. The van der Waals surface area contributed by atoms with Crippen LogP contribution in [0.3, 0.4) is 0 Å². The Balaban J connectivity index is 1.77. The van der Waals surface area contributed by atoms with Crippen LogP contribution in [0.4, 0.5) is 0 Å². The fourth-order valence-electron chi connectivity index (χ4n) is 5.80. The molecule has 2 fully saturated rings. The summed E-state index contributed by atoms with van der Waals surface area (Å²) in [6, 6.07) is 1.63. The molecule has 1 spiro atoms. The topological polar surface area (TPSA) is 90.9 Å². The Bertz CT molecular complexity index is 719. The van der Waals surface area contributed by atoms with Crippen molar-refractivity contribution in [1.29, 1.82) is 0 Å². The van der Waals surface area contributed by atoms with E-state index in [1.54, 1.807) is 12.1 Å². The van der Waals surface area contributed by atoms with Gasteiger partial charge in [-0.3, -0.25) is 4.79 Å². The Labute approximate surface area is 147 Å². The van der Waals surface area contributed by atoms with E-state index in [4.69, 9.17) is 4.42 Å². The molecular formula is C20H26O5. The molecule has 25 heavy (non-hydrogen) atoms. The first kappa shape index (κ1) is 17.0. The molecule has 1 aromatic rings. The first-order chi connectivity index (χ1) is 11.9. The van der Waals surface area contributed by atoms with E-state index in [1.165, 1.54) is 6.26 Å². The van der Waals surface area contributed by atoms with Crippen molar-refractivity contribution in [3.8, 4) is 0 Å². The van der Waals surface area contributed by atoms with Crippen LogP contribution in [0.25, 0.3) is 0 Å². The smallest absolute Gasteiger partial charge is 0.166 e. The normalized spacial score (nSPS) is 43.1. The van der Waals surface area contributed by atoms with Crippen molar-refractivity contribution in [3.63, 3.8) is 0 Å². The Kier molecular flexibility index (Phi) is 3.94. The van der Waals surface area contributed by atoms with Crippen LogP contribution in [0.5, 0.6) is 0 Å². The van der Waals surface area contributed by atoms with E-state index in [9.17, 15) is 20.1 Å². The molecule has 4 rings (SSSR count). The van der Waals surface area contributed by atoms with Gasteiger partial charge in [0, 0.05) is 6.42 Å². The second-order valence-corrected chi connectivity index (χ2v) is 8.31. The largest absolute Gasteiger partial charge is 0.465 e. The zero-order valence-electron chi connectivity index (χ0n) is 14.6. The van der Waals surface area contributed by atoms with Gasteiger partial charge in [0.15, 0.2) is 5.78 Å². The lowest BCUT2D eigenvalue weighted by Crippen LogP contribution is -2.37. The van der Waals surface area contributed by atoms with Crippen LogP contribution in [0.1, 0.15) is 67.7 Å². The van der Waals surface area contributed by atoms with Crippen LogP contribution in [0, 0.1) is 17.3 Å². The number of aliphatic hydroxyl groups is 3. The standard InChI is InChI=1S/C20H26O5/c1-12-8-17(23)18-14(5-7-25-18)16(22)4-6-19-9-13(2-3-15(12)19)20(24,10-19)11-21/h5,7-8,13,15,17,21,23-24H,2-4,6,9-11H2,1H3/b12-8+/t13-,15-,17+,19-,20?/m0/s1. The summed E-state index contributed by atoms with van der Waals surface area (Å²) in [4.78, 5) is 12.7. The quantitative estimate of drug-likeness (QED) is 0.680. The molecule has 0 amide bonds. The van der Waals surface area contributed by atoms with Gasteiger partial charge in [-0.25, -0.2) is 0 Å². The van der Waals surface area contributed by atoms with Crippen molar-refractivity contribution >= 4 is 5.78 Å². The SMILES string of the molecule is C/C1=C\[C@@H](O)c2occc2C(=O)CC[C@@]23C[C@H](CC[C@@H]12)C(O)(CO)C3. The molecule has 0 radical (unpaired) electrons. The summed E-state index contributed by atoms with van der Waals surface area (Å²) in [5.41, 5.74) is 0.318. The molecule has 0 aromatic carbocycles. The van der Waals surface area contributed by atoms with E-state index in [1.807, 2.05) is 6.92 Å². The number of rotatable bonds is 1. The molecule has 1 heterocycles. The van der Waals surface area contributed by atoms with E-state index < -0.39 is 11.7 Å². The highest BCUT2D eigenvalue weighted by Crippen LogP contribution is 2.62. The molecule has 3 aliphatic carbocycles. The zero-order chi connectivity index (χ0) is 17.8. The van der Waals surface area contributed by atoms with Gasteiger partial charge < -0.3 is 19.7 Å². The molecule has 2 saturated carbocycles. The van der Waals surface area contributed by atoms with E-state index in [2.05, 4.69) is 0 Å². The first-order valence-corrected chi connectivity index (χ1v) is 9.19. The Morgan fingerprint density at radius 3 is 2.92 bits per heavy atom. The predicted octanol–water partition coefficient (Wildman–Crippen LogP) is 2.77. The van der Waals surface area contributed by atoms with Gasteiger partial charge in [-0.15, -0.1) is 0 Å². The molecule has 2 bridgehead atoms. The first-order valence-electron chi connectivity index (χ1n) is 9.19. The third kappa shape index (κ3) is 2.52. The molecular weight excluding hydrogens is 320 g/mol. The fraction of sp³-hybridized carbons (Fsp3) is 0.650. The Hall–Kier alpha value is -1.43. The lowest BCUT2D eigenvalue weighted by molar-refractivity contribution is -0.0473. The van der Waals surface area contributed by atoms with Gasteiger partial charge in [0.05, 0.1) is 24.0 Å². The van der Waals surface area contributed by atoms with Crippen molar-refractivity contribution < 1.29 is 24.5 Å². The van der Waals surface area contributed by atoms with Crippen LogP contribution in [0.15, 0.2) is 28.4 Å². The van der Waals surface area contributed by atoms with E-state index in [-0.39, 0.29) is 29.6 Å². The number of fused-ring (bicyclic) bond motifs is 2. The molecule has 3 N–H and O–H groups in total. The second kappa shape index (κ2) is 5.79. The molecule has 0 aliphatic heterocycles. The summed E-state index contributed by atoms with van der Waals surface area (Å²) >= 11 is 0. The van der Waals surface area contributed by atoms with Crippen molar-refractivity contribution in [2.24, 2.45) is 17.3 Å². The van der Waals surface area contributed by atoms with Crippen molar-refractivity contribution in [3.05, 3.63) is 35.3 Å². The molecule has 0 saturated heterocycles. The summed E-state index contributed by atoms with van der Waals surface area (Å²) in [5, 5.41) is 31.2. The molecule has 5 heteroatoms. The van der Waals surface area contributed by atoms with E-state index >= 15 is 0 Å². The van der Waals surface area contributed by atoms with Crippen molar-refractivity contribution in [2.45, 2.75) is 57.2 Å². The highest BCUT2D eigenvalue weighted by Gasteiger charge is 2.59. The number of hydrogen-bond acceptors (Lipinski definition) is 5. The number of allylic oxidation sites excluding steroid dienone is 1. The molecule has 3 aliphatic rings. The summed E-state index contributed by atoms with van der Waals surface area (Å²) < 4.78 is 5.38. The van der Waals surface area contributed by atoms with Crippen LogP contribution in [-0.4, -0.2) is 33.3 Å². The highest BCUT2D eigenvalue weighted by molar-refractivity contribution is 5.97. The summed E-state index contributed by atoms with van der Waals surface area (Å²) in [5.74, 6) is 0.606. The third-order valence-corrected chi connectivity index (χ3v) is 6.97. The number of hydrogen-bond donors (Lipinski definition) is 3. The van der Waals surface area contributed by atoms with Gasteiger partial charge >= 0.3 is 0 Å². The molecule has 1 unspecified atom stereocenters. The number of Topliss-reactive ketones (excluding diaryl/α,β-unsaturated/α-hetero) is 1. The summed E-state index contributed by atoms with van der Waals surface area (Å²) in [7, 11) is 0. The van der Waals surface area contributed by atoms with Gasteiger partial charge in [-0.1, -0.05) is 5.57 Å². The minimum absolute atomic E-state index is 0.0227. The number of aliphatic hydroxyl groups excluding tert-OH is 2. The second-order valence-electron chi connectivity index (χ2n) is 8.31. The minimum Gasteiger partial charge on any atom is -0.465 e. The molecule has 136 valence electrons. The molecule has 5 nitrogen and oxygen atoms in total. The fourth-order valence-corrected chi connectivity index (χ4v) is 5.80. The monoisotopic (exact) mass is 346 g/mol. The minimum atomic E-state index is -1.04. The maximum absolute atomic E-state index is 12.7. The van der Waals surface area contributed by atoms with Gasteiger partial charge in [-0.05, 0) is 68.4 Å².